The lowest BCUT2D eigenvalue weighted by atomic mass is 9.85. The molecule has 1 atom stereocenters. The van der Waals surface area contributed by atoms with Crippen molar-refractivity contribution in [2.45, 2.75) is 53.0 Å². The highest BCUT2D eigenvalue weighted by molar-refractivity contribution is 5.39. The highest BCUT2D eigenvalue weighted by atomic mass is 15.1. The highest BCUT2D eigenvalue weighted by Gasteiger charge is 2.22. The van der Waals surface area contributed by atoms with Crippen molar-refractivity contribution in [1.82, 2.24) is 10.2 Å². The normalized spacial score (nSPS) is 17.0. The van der Waals surface area contributed by atoms with Gasteiger partial charge in [-0.1, -0.05) is 31.0 Å². The zero-order valence-electron chi connectivity index (χ0n) is 14.5. The third kappa shape index (κ3) is 4.31. The third-order valence-electron chi connectivity index (χ3n) is 4.83. The Hall–Kier alpha value is -0.860. The number of nitrogens with one attached hydrogen (secondary N) is 1. The standard InChI is InChI=1S/C19H32N2/c1-6-20-18(13-21(5)12-17-8-7-9-17)19-15(3)10-14(2)11-16(19)4/h10-11,17-18,20H,6-9,12-13H2,1-5H3. The molecular weight excluding hydrogens is 256 g/mol. The number of aryl methyl sites for hydroxylation is 3. The molecule has 0 spiro atoms. The highest BCUT2D eigenvalue weighted by Crippen LogP contribution is 2.28. The molecule has 2 nitrogen and oxygen atoms in total. The Labute approximate surface area is 130 Å². The monoisotopic (exact) mass is 288 g/mol. The lowest BCUT2D eigenvalue weighted by Gasteiger charge is -2.33. The summed E-state index contributed by atoms with van der Waals surface area (Å²) >= 11 is 0. The Morgan fingerprint density at radius 3 is 2.29 bits per heavy atom. The van der Waals surface area contributed by atoms with Gasteiger partial charge in [-0.25, -0.2) is 0 Å². The summed E-state index contributed by atoms with van der Waals surface area (Å²) in [4.78, 5) is 2.52. The fourth-order valence-corrected chi connectivity index (χ4v) is 3.75. The molecular formula is C19H32N2. The van der Waals surface area contributed by atoms with E-state index in [1.54, 1.807) is 0 Å². The van der Waals surface area contributed by atoms with Crippen LogP contribution >= 0.6 is 0 Å². The predicted octanol–water partition coefficient (Wildman–Crippen LogP) is 3.99. The minimum Gasteiger partial charge on any atom is -0.309 e. The van der Waals surface area contributed by atoms with Gasteiger partial charge in [0.1, 0.15) is 0 Å². The molecule has 0 heterocycles. The van der Waals surface area contributed by atoms with E-state index >= 15 is 0 Å². The molecule has 1 N–H and O–H groups in total. The van der Waals surface area contributed by atoms with Gasteiger partial charge in [0.15, 0.2) is 0 Å². The molecule has 1 fully saturated rings. The maximum Gasteiger partial charge on any atom is 0.0454 e. The maximum absolute atomic E-state index is 3.70. The van der Waals surface area contributed by atoms with Crippen LogP contribution in [0.2, 0.25) is 0 Å². The first-order valence-electron chi connectivity index (χ1n) is 8.51. The van der Waals surface area contributed by atoms with Crippen LogP contribution in [0.3, 0.4) is 0 Å². The van der Waals surface area contributed by atoms with Gasteiger partial charge in [-0.05, 0) is 69.8 Å². The van der Waals surface area contributed by atoms with Crippen LogP contribution in [-0.4, -0.2) is 31.6 Å². The lowest BCUT2D eigenvalue weighted by Crippen LogP contribution is -2.37. The van der Waals surface area contributed by atoms with Crippen LogP contribution in [0.1, 0.15) is 54.5 Å². The van der Waals surface area contributed by atoms with Crippen LogP contribution in [0.25, 0.3) is 0 Å². The molecule has 21 heavy (non-hydrogen) atoms. The molecule has 1 aromatic rings. The molecule has 0 bridgehead atoms. The Balaban J connectivity index is 2.10. The minimum absolute atomic E-state index is 0.445. The molecule has 118 valence electrons. The molecule has 2 heteroatoms. The van der Waals surface area contributed by atoms with E-state index in [4.69, 9.17) is 0 Å². The van der Waals surface area contributed by atoms with E-state index < -0.39 is 0 Å². The average Bonchev–Trinajstić information content (AvgIpc) is 2.33. The minimum atomic E-state index is 0.445. The Bertz CT molecular complexity index is 440. The Kier molecular flexibility index (Phi) is 5.83. The van der Waals surface area contributed by atoms with Gasteiger partial charge in [0.2, 0.25) is 0 Å². The second-order valence-electron chi connectivity index (χ2n) is 6.94. The summed E-state index contributed by atoms with van der Waals surface area (Å²) in [5, 5.41) is 3.70. The van der Waals surface area contributed by atoms with Gasteiger partial charge in [0.25, 0.3) is 0 Å². The SMILES string of the molecule is CCNC(CN(C)CC1CCC1)c1c(C)cc(C)cc1C. The molecule has 2 rings (SSSR count). The fourth-order valence-electron chi connectivity index (χ4n) is 3.75. The van der Waals surface area contributed by atoms with Gasteiger partial charge in [-0.2, -0.15) is 0 Å². The number of hydrogen-bond acceptors (Lipinski definition) is 2. The first-order valence-corrected chi connectivity index (χ1v) is 8.51. The Morgan fingerprint density at radius 1 is 1.19 bits per heavy atom. The molecule has 0 amide bonds. The van der Waals surface area contributed by atoms with E-state index in [0.29, 0.717) is 6.04 Å². The zero-order valence-corrected chi connectivity index (χ0v) is 14.5. The van der Waals surface area contributed by atoms with Gasteiger partial charge in [-0.15, -0.1) is 0 Å². The molecule has 1 saturated carbocycles. The van der Waals surface area contributed by atoms with E-state index in [1.807, 2.05) is 0 Å². The van der Waals surface area contributed by atoms with Crippen molar-refractivity contribution in [2.24, 2.45) is 5.92 Å². The average molecular weight is 288 g/mol. The van der Waals surface area contributed by atoms with Crippen LogP contribution in [0.5, 0.6) is 0 Å². The van der Waals surface area contributed by atoms with Gasteiger partial charge in [0.05, 0.1) is 0 Å². The Morgan fingerprint density at radius 2 is 1.81 bits per heavy atom. The van der Waals surface area contributed by atoms with Gasteiger partial charge >= 0.3 is 0 Å². The lowest BCUT2D eigenvalue weighted by molar-refractivity contribution is 0.192. The van der Waals surface area contributed by atoms with Crippen molar-refractivity contribution in [3.05, 3.63) is 34.4 Å². The van der Waals surface area contributed by atoms with Gasteiger partial charge in [0, 0.05) is 19.1 Å². The summed E-state index contributed by atoms with van der Waals surface area (Å²) in [6.07, 6.45) is 4.29. The summed E-state index contributed by atoms with van der Waals surface area (Å²) < 4.78 is 0. The van der Waals surface area contributed by atoms with E-state index in [9.17, 15) is 0 Å². The molecule has 1 unspecified atom stereocenters. The summed E-state index contributed by atoms with van der Waals surface area (Å²) in [6, 6.07) is 5.08. The number of hydrogen-bond donors (Lipinski definition) is 1. The number of nitrogens with zero attached hydrogens (tertiary/aromatic N) is 1. The maximum atomic E-state index is 3.70. The molecule has 0 radical (unpaired) electrons. The van der Waals surface area contributed by atoms with E-state index in [0.717, 1.165) is 19.0 Å². The van der Waals surface area contributed by atoms with Crippen molar-refractivity contribution in [2.75, 3.05) is 26.7 Å². The van der Waals surface area contributed by atoms with E-state index in [-0.39, 0.29) is 0 Å². The van der Waals surface area contributed by atoms with Crippen molar-refractivity contribution in [3.8, 4) is 0 Å². The van der Waals surface area contributed by atoms with E-state index in [1.165, 1.54) is 48.1 Å². The quantitative estimate of drug-likeness (QED) is 0.816. The third-order valence-corrected chi connectivity index (χ3v) is 4.83. The molecule has 1 aliphatic rings. The van der Waals surface area contributed by atoms with Crippen molar-refractivity contribution in [3.63, 3.8) is 0 Å². The summed E-state index contributed by atoms with van der Waals surface area (Å²) in [7, 11) is 2.28. The second kappa shape index (κ2) is 7.42. The van der Waals surface area contributed by atoms with Gasteiger partial charge in [-0.3, -0.25) is 0 Å². The largest absolute Gasteiger partial charge is 0.309 e. The van der Waals surface area contributed by atoms with Crippen LogP contribution < -0.4 is 5.32 Å². The van der Waals surface area contributed by atoms with Gasteiger partial charge < -0.3 is 10.2 Å². The number of rotatable bonds is 7. The molecule has 0 aromatic heterocycles. The first kappa shape index (κ1) is 16.5. The summed E-state index contributed by atoms with van der Waals surface area (Å²) in [5.74, 6) is 0.942. The van der Waals surface area contributed by atoms with Crippen LogP contribution in [0.15, 0.2) is 12.1 Å². The smallest absolute Gasteiger partial charge is 0.0454 e. The topological polar surface area (TPSA) is 15.3 Å². The number of benzene rings is 1. The van der Waals surface area contributed by atoms with Crippen molar-refractivity contribution < 1.29 is 0 Å². The van der Waals surface area contributed by atoms with Crippen molar-refractivity contribution >= 4 is 0 Å². The predicted molar refractivity (Wildman–Crippen MR) is 91.9 cm³/mol. The zero-order chi connectivity index (χ0) is 15.4. The molecule has 1 aliphatic carbocycles. The fraction of sp³-hybridized carbons (Fsp3) is 0.684. The number of likely N-dealkylation sites (N-methyl/N-ethyl adjacent to an activating group) is 2. The first-order chi connectivity index (χ1) is 10.0. The molecule has 0 saturated heterocycles. The summed E-state index contributed by atoms with van der Waals surface area (Å²) in [5.41, 5.74) is 5.72. The van der Waals surface area contributed by atoms with Crippen molar-refractivity contribution in [1.29, 1.82) is 0 Å². The van der Waals surface area contributed by atoms with Crippen LogP contribution in [-0.2, 0) is 0 Å². The van der Waals surface area contributed by atoms with Crippen LogP contribution in [0.4, 0.5) is 0 Å². The summed E-state index contributed by atoms with van der Waals surface area (Å²) in [6.45, 7) is 12.3. The molecule has 0 aliphatic heterocycles. The van der Waals surface area contributed by atoms with Crippen LogP contribution in [0, 0.1) is 26.7 Å². The second-order valence-corrected chi connectivity index (χ2v) is 6.94. The molecule has 1 aromatic carbocycles. The van der Waals surface area contributed by atoms with E-state index in [2.05, 4.69) is 57.1 Å².